The molecule has 3 aliphatic heterocycles. The molecule has 10 heteroatoms. The molecule has 0 unspecified atom stereocenters. The first-order valence-electron chi connectivity index (χ1n) is 13.4. The van der Waals surface area contributed by atoms with Crippen LogP contribution in [0.5, 0.6) is 0 Å². The van der Waals surface area contributed by atoms with Crippen LogP contribution in [0.4, 0.5) is 20.5 Å². The molecule has 4 aromatic rings. The zero-order valence-electron chi connectivity index (χ0n) is 21.4. The molecule has 2 atom stereocenters. The number of fused-ring (bicyclic) bond motifs is 4. The maximum absolute atomic E-state index is 15.0. The number of pyridine rings is 1. The molecule has 6 heterocycles. The Hall–Kier alpha value is -3.50. The number of nitrogens with zero attached hydrogens (tertiary/aromatic N) is 7. The van der Waals surface area contributed by atoms with Crippen molar-refractivity contribution in [2.24, 2.45) is 0 Å². The van der Waals surface area contributed by atoms with Gasteiger partial charge >= 0.3 is 0 Å². The van der Waals surface area contributed by atoms with Gasteiger partial charge in [0.25, 0.3) is 0 Å². The molecule has 1 N–H and O–H groups in total. The Morgan fingerprint density at radius 2 is 1.92 bits per heavy atom. The molecular weight excluding hydrogens is 486 g/mol. The number of hydrogen-bond acceptors (Lipinski definition) is 7. The molecule has 8 nitrogen and oxygen atoms in total. The van der Waals surface area contributed by atoms with Gasteiger partial charge in [-0.1, -0.05) is 6.07 Å². The van der Waals surface area contributed by atoms with Gasteiger partial charge in [0.2, 0.25) is 5.95 Å². The fourth-order valence-electron chi connectivity index (χ4n) is 6.27. The Bertz CT molecular complexity index is 1500. The lowest BCUT2D eigenvalue weighted by Crippen LogP contribution is -2.49. The molecule has 3 aliphatic rings. The molecule has 38 heavy (non-hydrogen) atoms. The largest absolute Gasteiger partial charge is 0.325 e. The lowest BCUT2D eigenvalue weighted by molar-refractivity contribution is 0.0993. The van der Waals surface area contributed by atoms with E-state index in [2.05, 4.69) is 42.0 Å². The van der Waals surface area contributed by atoms with E-state index >= 15 is 0 Å². The van der Waals surface area contributed by atoms with E-state index in [0.717, 1.165) is 56.6 Å². The van der Waals surface area contributed by atoms with Gasteiger partial charge in [0.05, 0.1) is 11.7 Å². The SMILES string of the molecule is C[C@H]1CCc2nc3c(F)cc(-c4nc(Nc5ccc(CN6CCN7CCC[C@@H]7C6)cn5)ncc4F)cc3n21. The van der Waals surface area contributed by atoms with Gasteiger partial charge in [0.15, 0.2) is 11.6 Å². The highest BCUT2D eigenvalue weighted by atomic mass is 19.1. The number of anilines is 2. The highest BCUT2D eigenvalue weighted by molar-refractivity contribution is 5.83. The first-order chi connectivity index (χ1) is 18.5. The average molecular weight is 517 g/mol. The second-order valence-electron chi connectivity index (χ2n) is 10.7. The van der Waals surface area contributed by atoms with E-state index < -0.39 is 11.6 Å². The molecule has 2 saturated heterocycles. The number of benzene rings is 1. The minimum absolute atomic E-state index is 0.0344. The van der Waals surface area contributed by atoms with Crippen LogP contribution in [0.3, 0.4) is 0 Å². The Labute approximate surface area is 219 Å². The summed E-state index contributed by atoms with van der Waals surface area (Å²) in [6.07, 6.45) is 7.34. The predicted octanol–water partition coefficient (Wildman–Crippen LogP) is 4.70. The summed E-state index contributed by atoms with van der Waals surface area (Å²) in [5.74, 6) is 0.534. The summed E-state index contributed by atoms with van der Waals surface area (Å²) >= 11 is 0. The number of imidazole rings is 1. The third kappa shape index (κ3) is 4.21. The molecule has 0 saturated carbocycles. The molecule has 0 spiro atoms. The van der Waals surface area contributed by atoms with Crippen LogP contribution < -0.4 is 5.32 Å². The second-order valence-corrected chi connectivity index (χ2v) is 10.7. The Morgan fingerprint density at radius 1 is 1.00 bits per heavy atom. The standard InChI is InChI=1S/C28H30F2N8/c1-17-4-7-25-34-27-21(29)11-19(12-23(27)38(17)25)26-22(30)14-32-28(35-26)33-24-6-5-18(13-31-24)15-36-9-10-37-8-2-3-20(37)16-36/h5-6,11-14,17,20H,2-4,7-10,15-16H2,1H3,(H,31,32,33,35)/t17-,20+/m0/s1. The highest BCUT2D eigenvalue weighted by Crippen LogP contribution is 2.34. The maximum Gasteiger partial charge on any atom is 0.229 e. The van der Waals surface area contributed by atoms with Crippen LogP contribution in [0.15, 0.2) is 36.7 Å². The van der Waals surface area contributed by atoms with Crippen molar-refractivity contribution < 1.29 is 8.78 Å². The summed E-state index contributed by atoms with van der Waals surface area (Å²) in [4.78, 5) is 22.6. The zero-order valence-corrected chi connectivity index (χ0v) is 21.4. The molecule has 196 valence electrons. The van der Waals surface area contributed by atoms with Gasteiger partial charge in [-0.3, -0.25) is 9.80 Å². The van der Waals surface area contributed by atoms with E-state index in [1.54, 1.807) is 6.07 Å². The Balaban J connectivity index is 1.10. The fraction of sp³-hybridized carbons (Fsp3) is 0.429. The fourth-order valence-corrected chi connectivity index (χ4v) is 6.27. The molecule has 1 aromatic carbocycles. The number of halogens is 2. The number of aryl methyl sites for hydroxylation is 1. The lowest BCUT2D eigenvalue weighted by atomic mass is 10.1. The van der Waals surface area contributed by atoms with Crippen LogP contribution in [0.1, 0.15) is 43.6 Å². The van der Waals surface area contributed by atoms with E-state index in [4.69, 9.17) is 0 Å². The average Bonchev–Trinajstić information content (AvgIpc) is 3.63. The Kier molecular flexibility index (Phi) is 5.81. The van der Waals surface area contributed by atoms with Gasteiger partial charge in [-0.15, -0.1) is 0 Å². The van der Waals surface area contributed by atoms with Crippen LogP contribution >= 0.6 is 0 Å². The number of piperazine rings is 1. The number of aromatic nitrogens is 5. The number of hydrogen-bond donors (Lipinski definition) is 1. The van der Waals surface area contributed by atoms with Crippen LogP contribution in [-0.4, -0.2) is 66.5 Å². The smallest absolute Gasteiger partial charge is 0.229 e. The molecule has 3 aromatic heterocycles. The third-order valence-electron chi connectivity index (χ3n) is 8.21. The highest BCUT2D eigenvalue weighted by Gasteiger charge is 2.30. The molecule has 0 bridgehead atoms. The van der Waals surface area contributed by atoms with Gasteiger partial charge in [-0.2, -0.15) is 0 Å². The van der Waals surface area contributed by atoms with Crippen molar-refractivity contribution in [3.8, 4) is 11.3 Å². The van der Waals surface area contributed by atoms with E-state index in [0.29, 0.717) is 28.5 Å². The van der Waals surface area contributed by atoms with Crippen LogP contribution in [-0.2, 0) is 13.0 Å². The van der Waals surface area contributed by atoms with Gasteiger partial charge in [-0.05, 0) is 56.5 Å². The summed E-state index contributed by atoms with van der Waals surface area (Å²) < 4.78 is 31.9. The number of rotatable bonds is 5. The monoisotopic (exact) mass is 516 g/mol. The van der Waals surface area contributed by atoms with Crippen molar-refractivity contribution in [3.05, 3.63) is 59.7 Å². The van der Waals surface area contributed by atoms with Crippen molar-refractivity contribution in [1.82, 2.24) is 34.3 Å². The van der Waals surface area contributed by atoms with E-state index in [1.807, 2.05) is 22.9 Å². The quantitative estimate of drug-likeness (QED) is 0.412. The van der Waals surface area contributed by atoms with Crippen LogP contribution in [0, 0.1) is 11.6 Å². The summed E-state index contributed by atoms with van der Waals surface area (Å²) in [6, 6.07) is 7.91. The molecule has 0 radical (unpaired) electrons. The third-order valence-corrected chi connectivity index (χ3v) is 8.21. The summed E-state index contributed by atoms with van der Waals surface area (Å²) in [6.45, 7) is 7.53. The van der Waals surface area contributed by atoms with Crippen LogP contribution in [0.25, 0.3) is 22.3 Å². The number of nitrogens with one attached hydrogen (secondary N) is 1. The lowest BCUT2D eigenvalue weighted by Gasteiger charge is -2.37. The molecule has 0 amide bonds. The van der Waals surface area contributed by atoms with E-state index in [-0.39, 0.29) is 17.7 Å². The van der Waals surface area contributed by atoms with Crippen molar-refractivity contribution >= 4 is 22.8 Å². The second kappa shape index (κ2) is 9.36. The van der Waals surface area contributed by atoms with Gasteiger partial charge in [0, 0.05) is 56.4 Å². The first kappa shape index (κ1) is 23.6. The first-order valence-corrected chi connectivity index (χ1v) is 13.4. The van der Waals surface area contributed by atoms with E-state index in [1.165, 1.54) is 25.5 Å². The zero-order chi connectivity index (χ0) is 25.8. The maximum atomic E-state index is 15.0. The van der Waals surface area contributed by atoms with Crippen LogP contribution in [0.2, 0.25) is 0 Å². The van der Waals surface area contributed by atoms with Crippen molar-refractivity contribution in [2.45, 2.75) is 51.2 Å². The van der Waals surface area contributed by atoms with Crippen molar-refractivity contribution in [2.75, 3.05) is 31.5 Å². The minimum Gasteiger partial charge on any atom is -0.325 e. The summed E-state index contributed by atoms with van der Waals surface area (Å²) in [7, 11) is 0. The normalized spacial score (nSPS) is 21.7. The topological polar surface area (TPSA) is 75.0 Å². The molecule has 7 rings (SSSR count). The van der Waals surface area contributed by atoms with Gasteiger partial charge < -0.3 is 9.88 Å². The minimum atomic E-state index is -0.617. The van der Waals surface area contributed by atoms with Gasteiger partial charge in [-0.25, -0.2) is 28.7 Å². The van der Waals surface area contributed by atoms with Crippen molar-refractivity contribution in [1.29, 1.82) is 0 Å². The molecule has 2 fully saturated rings. The Morgan fingerprint density at radius 3 is 2.79 bits per heavy atom. The summed E-state index contributed by atoms with van der Waals surface area (Å²) in [5.41, 5.74) is 2.52. The molecular formula is C28H30F2N8. The van der Waals surface area contributed by atoms with Gasteiger partial charge in [0.1, 0.15) is 22.9 Å². The van der Waals surface area contributed by atoms with Crippen molar-refractivity contribution in [3.63, 3.8) is 0 Å². The van der Waals surface area contributed by atoms with E-state index in [9.17, 15) is 8.78 Å². The summed E-state index contributed by atoms with van der Waals surface area (Å²) in [5, 5.41) is 3.07. The predicted molar refractivity (Wildman–Crippen MR) is 141 cm³/mol. The molecule has 0 aliphatic carbocycles.